The zero-order valence-electron chi connectivity index (χ0n) is 18.9. The Kier molecular flexibility index (Phi) is 6.46. The predicted octanol–water partition coefficient (Wildman–Crippen LogP) is 6.27. The van der Waals surface area contributed by atoms with Crippen LogP contribution in [0.4, 0.5) is 5.69 Å². The number of nitrogens with zero attached hydrogens (tertiary/aromatic N) is 4. The van der Waals surface area contributed by atoms with Crippen LogP contribution in [0.5, 0.6) is 0 Å². The number of hydrogen-bond donors (Lipinski definition) is 1. The average molecular weight is 478 g/mol. The van der Waals surface area contributed by atoms with E-state index in [9.17, 15) is 4.79 Å². The summed E-state index contributed by atoms with van der Waals surface area (Å²) in [6.07, 6.45) is 4.92. The van der Waals surface area contributed by atoms with Crippen molar-refractivity contribution >= 4 is 44.9 Å². The highest BCUT2D eigenvalue weighted by Gasteiger charge is 2.24. The third kappa shape index (κ3) is 4.82. The lowest BCUT2D eigenvalue weighted by molar-refractivity contribution is -0.113. The molecule has 33 heavy (non-hydrogen) atoms. The van der Waals surface area contributed by atoms with Crippen LogP contribution in [0.3, 0.4) is 0 Å². The number of carbonyl (C=O) groups is 1. The quantitative estimate of drug-likeness (QED) is 0.318. The minimum absolute atomic E-state index is 0.0451. The van der Waals surface area contributed by atoms with Crippen molar-refractivity contribution < 1.29 is 4.79 Å². The Balaban J connectivity index is 1.20. The summed E-state index contributed by atoms with van der Waals surface area (Å²) in [5.74, 6) is 1.86. The lowest BCUT2D eigenvalue weighted by atomic mass is 10.1. The van der Waals surface area contributed by atoms with Crippen molar-refractivity contribution in [2.24, 2.45) is 0 Å². The van der Waals surface area contributed by atoms with E-state index in [0.29, 0.717) is 11.7 Å². The molecule has 2 heterocycles. The molecule has 170 valence electrons. The van der Waals surface area contributed by atoms with Gasteiger partial charge in [-0.1, -0.05) is 30.7 Å². The van der Waals surface area contributed by atoms with E-state index in [-0.39, 0.29) is 5.91 Å². The third-order valence-electron chi connectivity index (χ3n) is 6.07. The summed E-state index contributed by atoms with van der Waals surface area (Å²) in [6, 6.07) is 14.2. The van der Waals surface area contributed by atoms with Crippen LogP contribution in [0.25, 0.3) is 20.8 Å². The first-order valence-corrected chi connectivity index (χ1v) is 13.2. The van der Waals surface area contributed by atoms with Crippen LogP contribution in [-0.2, 0) is 11.3 Å². The molecule has 0 atom stereocenters. The number of thiazole rings is 1. The summed E-state index contributed by atoms with van der Waals surface area (Å²) in [5.41, 5.74) is 4.09. The van der Waals surface area contributed by atoms with E-state index in [4.69, 9.17) is 4.98 Å². The molecule has 0 saturated heterocycles. The van der Waals surface area contributed by atoms with Gasteiger partial charge in [-0.3, -0.25) is 4.79 Å². The molecule has 1 fully saturated rings. The average Bonchev–Trinajstić information content (AvgIpc) is 3.56. The molecule has 1 saturated carbocycles. The fraction of sp³-hybridized carbons (Fsp3) is 0.360. The monoisotopic (exact) mass is 477 g/mol. The Morgan fingerprint density at radius 1 is 1.15 bits per heavy atom. The number of rotatable bonds is 7. The van der Waals surface area contributed by atoms with E-state index in [2.05, 4.69) is 52.1 Å². The molecule has 2 aromatic carbocycles. The molecule has 2 aromatic heterocycles. The van der Waals surface area contributed by atoms with E-state index in [0.717, 1.165) is 39.3 Å². The predicted molar refractivity (Wildman–Crippen MR) is 136 cm³/mol. The van der Waals surface area contributed by atoms with Crippen LogP contribution < -0.4 is 5.32 Å². The van der Waals surface area contributed by atoms with Crippen LogP contribution in [0, 0.1) is 6.92 Å². The zero-order chi connectivity index (χ0) is 22.8. The number of amides is 1. The van der Waals surface area contributed by atoms with Crippen molar-refractivity contribution in [3.05, 3.63) is 53.9 Å². The molecule has 4 aromatic rings. The standard InChI is InChI=1S/C25H27N5OS2/c1-3-30-23(17-6-4-5-7-17)28-29-25(30)32-15-22(31)26-19-11-9-18(10-12-19)24-27-20-13-8-16(2)14-21(20)33-24/h8-14,17H,3-7,15H2,1-2H3,(H,26,31). The van der Waals surface area contributed by atoms with Crippen LogP contribution in [-0.4, -0.2) is 31.4 Å². The van der Waals surface area contributed by atoms with Crippen molar-refractivity contribution in [1.29, 1.82) is 0 Å². The molecule has 1 aliphatic carbocycles. The first-order valence-electron chi connectivity index (χ1n) is 11.4. The number of anilines is 1. The van der Waals surface area contributed by atoms with Crippen molar-refractivity contribution in [1.82, 2.24) is 19.7 Å². The van der Waals surface area contributed by atoms with Crippen molar-refractivity contribution in [3.63, 3.8) is 0 Å². The van der Waals surface area contributed by atoms with E-state index in [1.807, 2.05) is 24.3 Å². The maximum Gasteiger partial charge on any atom is 0.234 e. The number of aromatic nitrogens is 4. The van der Waals surface area contributed by atoms with Gasteiger partial charge in [-0.05, 0) is 68.7 Å². The highest BCUT2D eigenvalue weighted by molar-refractivity contribution is 7.99. The summed E-state index contributed by atoms with van der Waals surface area (Å²) >= 11 is 3.14. The van der Waals surface area contributed by atoms with Gasteiger partial charge in [0.1, 0.15) is 10.8 Å². The van der Waals surface area contributed by atoms with Gasteiger partial charge in [-0.15, -0.1) is 21.5 Å². The minimum atomic E-state index is -0.0451. The number of carbonyl (C=O) groups excluding carboxylic acids is 1. The smallest absolute Gasteiger partial charge is 0.234 e. The summed E-state index contributed by atoms with van der Waals surface area (Å²) in [5, 5.41) is 13.6. The van der Waals surface area contributed by atoms with Gasteiger partial charge in [0.15, 0.2) is 5.16 Å². The molecule has 0 radical (unpaired) electrons. The van der Waals surface area contributed by atoms with E-state index in [1.165, 1.54) is 47.7 Å². The second kappa shape index (κ2) is 9.65. The fourth-order valence-corrected chi connectivity index (χ4v) is 6.25. The second-order valence-electron chi connectivity index (χ2n) is 8.47. The van der Waals surface area contributed by atoms with Crippen LogP contribution >= 0.6 is 23.1 Å². The van der Waals surface area contributed by atoms with Crippen LogP contribution in [0.2, 0.25) is 0 Å². The van der Waals surface area contributed by atoms with Gasteiger partial charge >= 0.3 is 0 Å². The molecule has 8 heteroatoms. The Bertz CT molecular complexity index is 1270. The van der Waals surface area contributed by atoms with Crippen molar-refractivity contribution in [3.8, 4) is 10.6 Å². The van der Waals surface area contributed by atoms with Gasteiger partial charge in [-0.2, -0.15) is 0 Å². The molecule has 0 unspecified atom stereocenters. The van der Waals surface area contributed by atoms with E-state index >= 15 is 0 Å². The maximum atomic E-state index is 12.6. The highest BCUT2D eigenvalue weighted by atomic mass is 32.2. The molecule has 1 N–H and O–H groups in total. The Morgan fingerprint density at radius 3 is 2.70 bits per heavy atom. The summed E-state index contributed by atoms with van der Waals surface area (Å²) in [6.45, 7) is 5.03. The Labute approximate surface area is 201 Å². The lowest BCUT2D eigenvalue weighted by Gasteiger charge is -2.11. The van der Waals surface area contributed by atoms with E-state index in [1.54, 1.807) is 11.3 Å². The molecule has 5 rings (SSSR count). The molecule has 0 spiro atoms. The first-order chi connectivity index (χ1) is 16.1. The molecule has 6 nitrogen and oxygen atoms in total. The summed E-state index contributed by atoms with van der Waals surface area (Å²) in [4.78, 5) is 17.3. The zero-order valence-corrected chi connectivity index (χ0v) is 20.5. The number of aryl methyl sites for hydroxylation is 1. The maximum absolute atomic E-state index is 12.6. The number of benzene rings is 2. The minimum Gasteiger partial charge on any atom is -0.325 e. The SMILES string of the molecule is CCn1c(SCC(=O)Nc2ccc(-c3nc4ccc(C)cc4s3)cc2)nnc1C1CCCC1. The lowest BCUT2D eigenvalue weighted by Crippen LogP contribution is -2.15. The first kappa shape index (κ1) is 22.1. The van der Waals surface area contributed by atoms with Gasteiger partial charge in [0.2, 0.25) is 5.91 Å². The molecule has 0 aliphatic heterocycles. The highest BCUT2D eigenvalue weighted by Crippen LogP contribution is 2.35. The Morgan fingerprint density at radius 2 is 1.94 bits per heavy atom. The van der Waals surface area contributed by atoms with Gasteiger partial charge in [0, 0.05) is 23.7 Å². The normalized spacial score (nSPS) is 14.2. The van der Waals surface area contributed by atoms with Crippen molar-refractivity contribution in [2.45, 2.75) is 57.1 Å². The second-order valence-corrected chi connectivity index (χ2v) is 10.4. The summed E-state index contributed by atoms with van der Waals surface area (Å²) in [7, 11) is 0. The van der Waals surface area contributed by atoms with Crippen LogP contribution in [0.1, 0.15) is 49.9 Å². The van der Waals surface area contributed by atoms with Gasteiger partial charge in [0.05, 0.1) is 16.0 Å². The largest absolute Gasteiger partial charge is 0.325 e. The number of nitrogens with one attached hydrogen (secondary N) is 1. The number of fused-ring (bicyclic) bond motifs is 1. The Hall–Kier alpha value is -2.71. The van der Waals surface area contributed by atoms with Crippen LogP contribution in [0.15, 0.2) is 47.6 Å². The van der Waals surface area contributed by atoms with Gasteiger partial charge in [0.25, 0.3) is 0 Å². The molecular weight excluding hydrogens is 450 g/mol. The summed E-state index contributed by atoms with van der Waals surface area (Å²) < 4.78 is 3.36. The number of hydrogen-bond acceptors (Lipinski definition) is 6. The molecule has 1 amide bonds. The third-order valence-corrected chi connectivity index (χ3v) is 8.11. The van der Waals surface area contributed by atoms with Gasteiger partial charge in [-0.25, -0.2) is 4.98 Å². The fourth-order valence-electron chi connectivity index (χ4n) is 4.37. The van der Waals surface area contributed by atoms with Gasteiger partial charge < -0.3 is 9.88 Å². The number of thioether (sulfide) groups is 1. The molecule has 0 bridgehead atoms. The van der Waals surface area contributed by atoms with Crippen molar-refractivity contribution in [2.75, 3.05) is 11.1 Å². The molecular formula is C25H27N5OS2. The molecule has 1 aliphatic rings. The van der Waals surface area contributed by atoms with E-state index < -0.39 is 0 Å². The topological polar surface area (TPSA) is 72.7 Å².